The maximum Gasteiger partial charge on any atom is 0.303 e. The number of rotatable bonds is 9. The second kappa shape index (κ2) is 8.98. The maximum atomic E-state index is 11.6. The van der Waals surface area contributed by atoms with Gasteiger partial charge in [0.25, 0.3) is 0 Å². The zero-order valence-electron chi connectivity index (χ0n) is 10.7. The minimum atomic E-state index is -0.768. The number of carboxylic acids is 1. The van der Waals surface area contributed by atoms with Crippen molar-refractivity contribution in [1.29, 1.82) is 0 Å². The minimum Gasteiger partial charge on any atom is -0.481 e. The molecule has 0 aliphatic heterocycles. The molecule has 5 heteroatoms. The summed E-state index contributed by atoms with van der Waals surface area (Å²) in [4.78, 5) is 21.9. The van der Waals surface area contributed by atoms with Gasteiger partial charge in [0.15, 0.2) is 0 Å². The molecule has 0 aromatic carbocycles. The Labute approximate surface area is 103 Å². The van der Waals surface area contributed by atoms with E-state index in [1.807, 2.05) is 13.8 Å². The molecule has 1 amide bonds. The first-order valence-corrected chi connectivity index (χ1v) is 6.20. The van der Waals surface area contributed by atoms with Gasteiger partial charge in [-0.1, -0.05) is 13.8 Å². The highest BCUT2D eigenvalue weighted by molar-refractivity contribution is 5.78. The molecular formula is C12H24N2O3. The first-order chi connectivity index (χ1) is 8.01. The maximum absolute atomic E-state index is 11.6. The van der Waals surface area contributed by atoms with Gasteiger partial charge in [0.1, 0.15) is 0 Å². The van der Waals surface area contributed by atoms with Gasteiger partial charge in [-0.25, -0.2) is 0 Å². The van der Waals surface area contributed by atoms with Crippen LogP contribution in [-0.4, -0.2) is 30.1 Å². The van der Waals surface area contributed by atoms with Crippen molar-refractivity contribution >= 4 is 11.9 Å². The monoisotopic (exact) mass is 244 g/mol. The summed E-state index contributed by atoms with van der Waals surface area (Å²) in [5.74, 6) is -0.566. The van der Waals surface area contributed by atoms with Crippen LogP contribution in [0, 0.1) is 11.8 Å². The molecule has 0 aromatic rings. The van der Waals surface area contributed by atoms with Crippen LogP contribution in [0.4, 0.5) is 0 Å². The van der Waals surface area contributed by atoms with Crippen LogP contribution in [0.2, 0.25) is 0 Å². The number of carboxylic acid groups (broad SMARTS) is 1. The van der Waals surface area contributed by atoms with Gasteiger partial charge in [-0.3, -0.25) is 9.59 Å². The molecule has 0 fully saturated rings. The molecule has 5 nitrogen and oxygen atoms in total. The summed E-state index contributed by atoms with van der Waals surface area (Å²) in [6, 6.07) is 0. The third-order valence-electron chi connectivity index (χ3n) is 2.94. The molecule has 0 aliphatic carbocycles. The van der Waals surface area contributed by atoms with Gasteiger partial charge in [0.2, 0.25) is 5.91 Å². The number of carbonyl (C=O) groups is 2. The Balaban J connectivity index is 3.68. The second-order valence-corrected chi connectivity index (χ2v) is 4.46. The quantitative estimate of drug-likeness (QED) is 0.563. The van der Waals surface area contributed by atoms with Crippen molar-refractivity contribution in [1.82, 2.24) is 5.32 Å². The highest BCUT2D eigenvalue weighted by Crippen LogP contribution is 2.09. The summed E-state index contributed by atoms with van der Waals surface area (Å²) in [6.07, 6.45) is 2.39. The molecule has 2 atom stereocenters. The third-order valence-corrected chi connectivity index (χ3v) is 2.94. The van der Waals surface area contributed by atoms with E-state index in [0.29, 0.717) is 25.4 Å². The number of hydrogen-bond acceptors (Lipinski definition) is 3. The van der Waals surface area contributed by atoms with Crippen molar-refractivity contribution < 1.29 is 14.7 Å². The number of amides is 1. The smallest absolute Gasteiger partial charge is 0.303 e. The van der Waals surface area contributed by atoms with E-state index in [2.05, 4.69) is 5.32 Å². The number of nitrogens with one attached hydrogen (secondary N) is 1. The van der Waals surface area contributed by atoms with Gasteiger partial charge in [-0.05, 0) is 25.2 Å². The van der Waals surface area contributed by atoms with E-state index in [9.17, 15) is 9.59 Å². The lowest BCUT2D eigenvalue weighted by Gasteiger charge is -2.14. The molecule has 0 spiro atoms. The van der Waals surface area contributed by atoms with Crippen molar-refractivity contribution in [3.63, 3.8) is 0 Å². The lowest BCUT2D eigenvalue weighted by atomic mass is 10.0. The summed E-state index contributed by atoms with van der Waals surface area (Å²) in [5, 5.41) is 11.4. The first kappa shape index (κ1) is 15.9. The molecule has 0 heterocycles. The predicted molar refractivity (Wildman–Crippen MR) is 66.5 cm³/mol. The van der Waals surface area contributed by atoms with Gasteiger partial charge >= 0.3 is 5.97 Å². The molecule has 17 heavy (non-hydrogen) atoms. The van der Waals surface area contributed by atoms with Crippen molar-refractivity contribution in [2.75, 3.05) is 13.1 Å². The molecule has 0 bridgehead atoms. The van der Waals surface area contributed by atoms with Crippen molar-refractivity contribution in [3.05, 3.63) is 0 Å². The summed E-state index contributed by atoms with van der Waals surface area (Å²) < 4.78 is 0. The molecule has 0 aliphatic rings. The van der Waals surface area contributed by atoms with Crippen LogP contribution in [0.25, 0.3) is 0 Å². The van der Waals surface area contributed by atoms with E-state index in [-0.39, 0.29) is 18.2 Å². The zero-order chi connectivity index (χ0) is 13.3. The average Bonchev–Trinajstić information content (AvgIpc) is 2.28. The highest BCUT2D eigenvalue weighted by atomic mass is 16.4. The van der Waals surface area contributed by atoms with Crippen LogP contribution in [0.5, 0.6) is 0 Å². The number of nitrogens with two attached hydrogens (primary N) is 1. The van der Waals surface area contributed by atoms with Crippen molar-refractivity contribution in [3.8, 4) is 0 Å². The van der Waals surface area contributed by atoms with Crippen molar-refractivity contribution in [2.24, 2.45) is 17.6 Å². The average molecular weight is 244 g/mol. The van der Waals surface area contributed by atoms with E-state index in [1.54, 1.807) is 0 Å². The molecule has 0 radical (unpaired) electrons. The predicted octanol–water partition coefficient (Wildman–Crippen LogP) is 0.979. The lowest BCUT2D eigenvalue weighted by molar-refractivity contribution is -0.137. The fourth-order valence-electron chi connectivity index (χ4n) is 1.56. The SMILES string of the molecule is CCC(CN)C(=O)NCCC(C)CCC(=O)O. The van der Waals surface area contributed by atoms with Crippen LogP contribution in [0.15, 0.2) is 0 Å². The van der Waals surface area contributed by atoms with E-state index in [4.69, 9.17) is 10.8 Å². The molecular weight excluding hydrogens is 220 g/mol. The summed E-state index contributed by atoms with van der Waals surface area (Å²) in [5.41, 5.74) is 5.47. The second-order valence-electron chi connectivity index (χ2n) is 4.46. The van der Waals surface area contributed by atoms with Crippen LogP contribution in [0.3, 0.4) is 0 Å². The topological polar surface area (TPSA) is 92.4 Å². The Bertz CT molecular complexity index is 240. The number of aliphatic carboxylic acids is 1. The standard InChI is InChI=1S/C12H24N2O3/c1-3-10(8-13)12(17)14-7-6-9(2)4-5-11(15)16/h9-10H,3-8,13H2,1-2H3,(H,14,17)(H,15,16). The van der Waals surface area contributed by atoms with Gasteiger partial charge in [-0.2, -0.15) is 0 Å². The minimum absolute atomic E-state index is 0.000402. The summed E-state index contributed by atoms with van der Waals surface area (Å²) >= 11 is 0. The van der Waals surface area contributed by atoms with E-state index in [0.717, 1.165) is 12.8 Å². The molecule has 0 saturated heterocycles. The zero-order valence-corrected chi connectivity index (χ0v) is 10.7. The van der Waals surface area contributed by atoms with Crippen LogP contribution < -0.4 is 11.1 Å². The van der Waals surface area contributed by atoms with Gasteiger partial charge in [0, 0.05) is 25.4 Å². The van der Waals surface area contributed by atoms with Gasteiger partial charge in [0.05, 0.1) is 0 Å². The Morgan fingerprint density at radius 2 is 2.00 bits per heavy atom. The molecule has 100 valence electrons. The normalized spacial score (nSPS) is 14.1. The fraction of sp³-hybridized carbons (Fsp3) is 0.833. The van der Waals surface area contributed by atoms with E-state index < -0.39 is 5.97 Å². The lowest BCUT2D eigenvalue weighted by Crippen LogP contribution is -2.35. The van der Waals surface area contributed by atoms with Crippen LogP contribution in [-0.2, 0) is 9.59 Å². The number of carbonyl (C=O) groups excluding carboxylic acids is 1. The Hall–Kier alpha value is -1.10. The van der Waals surface area contributed by atoms with E-state index >= 15 is 0 Å². The Morgan fingerprint density at radius 3 is 2.47 bits per heavy atom. The van der Waals surface area contributed by atoms with Gasteiger partial charge in [-0.15, -0.1) is 0 Å². The molecule has 4 N–H and O–H groups in total. The first-order valence-electron chi connectivity index (χ1n) is 6.20. The molecule has 0 saturated carbocycles. The fourth-order valence-corrected chi connectivity index (χ4v) is 1.56. The van der Waals surface area contributed by atoms with Crippen molar-refractivity contribution in [2.45, 2.75) is 39.5 Å². The van der Waals surface area contributed by atoms with Crippen LogP contribution >= 0.6 is 0 Å². The summed E-state index contributed by atoms with van der Waals surface area (Å²) in [6.45, 7) is 4.90. The largest absolute Gasteiger partial charge is 0.481 e. The highest BCUT2D eigenvalue weighted by Gasteiger charge is 2.14. The van der Waals surface area contributed by atoms with E-state index in [1.165, 1.54) is 0 Å². The summed E-state index contributed by atoms with van der Waals surface area (Å²) in [7, 11) is 0. The molecule has 0 rings (SSSR count). The molecule has 0 aromatic heterocycles. The third kappa shape index (κ3) is 7.74. The molecule has 2 unspecified atom stereocenters. The van der Waals surface area contributed by atoms with Gasteiger partial charge < -0.3 is 16.2 Å². The number of hydrogen-bond donors (Lipinski definition) is 3. The Kier molecular flexibility index (Phi) is 8.40. The Morgan fingerprint density at radius 1 is 1.35 bits per heavy atom. The van der Waals surface area contributed by atoms with Crippen LogP contribution in [0.1, 0.15) is 39.5 Å².